The molecule has 104 valence electrons. The molecule has 2 rings (SSSR count). The summed E-state index contributed by atoms with van der Waals surface area (Å²) in [6.07, 6.45) is 0.199. The van der Waals surface area contributed by atoms with E-state index in [-0.39, 0.29) is 12.0 Å². The molecule has 1 fully saturated rings. The predicted octanol–water partition coefficient (Wildman–Crippen LogP) is 1.82. The number of nitrogens with zero attached hydrogens (tertiary/aromatic N) is 1. The standard InChI is InChI=1S/C15H21NO3/c1-11(2)19-8-12-4-6-13(7-5-12)14(17)16-9-15(3,18)10-16/h4-7,11,18H,8-10H2,1-3H3. The fourth-order valence-electron chi connectivity index (χ4n) is 2.11. The van der Waals surface area contributed by atoms with Gasteiger partial charge in [0.25, 0.3) is 5.91 Å². The molecule has 4 nitrogen and oxygen atoms in total. The molecule has 0 aliphatic carbocycles. The maximum absolute atomic E-state index is 12.1. The van der Waals surface area contributed by atoms with E-state index in [2.05, 4.69) is 0 Å². The molecule has 0 spiro atoms. The lowest BCUT2D eigenvalue weighted by Gasteiger charge is -2.44. The summed E-state index contributed by atoms with van der Waals surface area (Å²) < 4.78 is 5.51. The van der Waals surface area contributed by atoms with E-state index in [1.165, 1.54) is 0 Å². The van der Waals surface area contributed by atoms with Crippen LogP contribution in [-0.4, -0.2) is 40.7 Å². The number of rotatable bonds is 4. The van der Waals surface area contributed by atoms with Crippen molar-refractivity contribution in [3.63, 3.8) is 0 Å². The lowest BCUT2D eigenvalue weighted by Crippen LogP contribution is -2.61. The first-order valence-corrected chi connectivity index (χ1v) is 6.59. The predicted molar refractivity (Wildman–Crippen MR) is 72.9 cm³/mol. The fourth-order valence-corrected chi connectivity index (χ4v) is 2.11. The number of benzene rings is 1. The Labute approximate surface area is 114 Å². The quantitative estimate of drug-likeness (QED) is 0.901. The molecule has 0 saturated carbocycles. The molecule has 1 amide bonds. The van der Waals surface area contributed by atoms with Crippen LogP contribution in [-0.2, 0) is 11.3 Å². The van der Waals surface area contributed by atoms with Crippen molar-refractivity contribution in [2.75, 3.05) is 13.1 Å². The van der Waals surface area contributed by atoms with E-state index in [4.69, 9.17) is 4.74 Å². The van der Waals surface area contributed by atoms with Gasteiger partial charge in [0.1, 0.15) is 0 Å². The highest BCUT2D eigenvalue weighted by Crippen LogP contribution is 2.22. The zero-order valence-corrected chi connectivity index (χ0v) is 11.7. The van der Waals surface area contributed by atoms with E-state index in [0.717, 1.165) is 5.56 Å². The van der Waals surface area contributed by atoms with Crippen LogP contribution in [0.15, 0.2) is 24.3 Å². The minimum absolute atomic E-state index is 0.0251. The van der Waals surface area contributed by atoms with Crippen LogP contribution < -0.4 is 0 Å². The van der Waals surface area contributed by atoms with Gasteiger partial charge in [0, 0.05) is 5.56 Å². The van der Waals surface area contributed by atoms with E-state index in [9.17, 15) is 9.90 Å². The molecule has 4 heteroatoms. The monoisotopic (exact) mass is 263 g/mol. The molecule has 0 aromatic heterocycles. The van der Waals surface area contributed by atoms with Gasteiger partial charge in [0.05, 0.1) is 31.4 Å². The largest absolute Gasteiger partial charge is 0.386 e. The number of carbonyl (C=O) groups excluding carboxylic acids is 1. The lowest BCUT2D eigenvalue weighted by molar-refractivity contribution is -0.0668. The summed E-state index contributed by atoms with van der Waals surface area (Å²) in [5, 5.41) is 9.64. The first kappa shape index (κ1) is 14.0. The van der Waals surface area contributed by atoms with Crippen molar-refractivity contribution >= 4 is 5.91 Å². The van der Waals surface area contributed by atoms with Gasteiger partial charge in [-0.3, -0.25) is 4.79 Å². The average Bonchev–Trinajstić information content (AvgIpc) is 2.33. The van der Waals surface area contributed by atoms with Crippen LogP contribution in [0.1, 0.15) is 36.7 Å². The molecular weight excluding hydrogens is 242 g/mol. The molecule has 1 N–H and O–H groups in total. The molecule has 1 aromatic rings. The number of β-amino-alcohol motifs (C(OH)–C–C–N with tert-alkyl or cyclic N) is 1. The van der Waals surface area contributed by atoms with E-state index in [1.807, 2.05) is 38.1 Å². The minimum atomic E-state index is -0.722. The highest BCUT2D eigenvalue weighted by molar-refractivity contribution is 5.94. The Bertz CT molecular complexity index is 443. The summed E-state index contributed by atoms with van der Waals surface area (Å²) in [4.78, 5) is 13.7. The van der Waals surface area contributed by atoms with Crippen LogP contribution in [0.3, 0.4) is 0 Å². The van der Waals surface area contributed by atoms with E-state index >= 15 is 0 Å². The second-order valence-corrected chi connectivity index (χ2v) is 5.71. The molecule has 1 aliphatic heterocycles. The van der Waals surface area contributed by atoms with Crippen LogP contribution in [0.5, 0.6) is 0 Å². The van der Waals surface area contributed by atoms with Gasteiger partial charge in [-0.15, -0.1) is 0 Å². The van der Waals surface area contributed by atoms with Crippen molar-refractivity contribution in [2.24, 2.45) is 0 Å². The summed E-state index contributed by atoms with van der Waals surface area (Å²) in [6.45, 7) is 7.10. The Kier molecular flexibility index (Phi) is 3.92. The number of aliphatic hydroxyl groups is 1. The van der Waals surface area contributed by atoms with Gasteiger partial charge < -0.3 is 14.7 Å². The van der Waals surface area contributed by atoms with Crippen LogP contribution >= 0.6 is 0 Å². The summed E-state index contributed by atoms with van der Waals surface area (Å²) >= 11 is 0. The highest BCUT2D eigenvalue weighted by atomic mass is 16.5. The van der Waals surface area contributed by atoms with E-state index in [1.54, 1.807) is 11.8 Å². The average molecular weight is 263 g/mol. The lowest BCUT2D eigenvalue weighted by atomic mass is 9.96. The number of carbonyl (C=O) groups is 1. The molecule has 19 heavy (non-hydrogen) atoms. The SMILES string of the molecule is CC(C)OCc1ccc(C(=O)N2CC(C)(O)C2)cc1. The molecule has 0 bridgehead atoms. The summed E-state index contributed by atoms with van der Waals surface area (Å²) in [7, 11) is 0. The molecule has 1 heterocycles. The zero-order chi connectivity index (χ0) is 14.0. The van der Waals surface area contributed by atoms with Crippen molar-refractivity contribution in [3.8, 4) is 0 Å². The topological polar surface area (TPSA) is 49.8 Å². The van der Waals surface area contributed by atoms with Crippen molar-refractivity contribution in [1.29, 1.82) is 0 Å². The number of ether oxygens (including phenoxy) is 1. The molecular formula is C15H21NO3. The van der Waals surface area contributed by atoms with Gasteiger partial charge in [-0.25, -0.2) is 0 Å². The van der Waals surface area contributed by atoms with E-state index in [0.29, 0.717) is 25.3 Å². The third kappa shape index (κ3) is 3.55. The van der Waals surface area contributed by atoms with Crippen molar-refractivity contribution in [1.82, 2.24) is 4.90 Å². The number of hydrogen-bond acceptors (Lipinski definition) is 3. The summed E-state index contributed by atoms with van der Waals surface area (Å²) in [6, 6.07) is 7.45. The number of likely N-dealkylation sites (tertiary alicyclic amines) is 1. The van der Waals surface area contributed by atoms with Crippen LogP contribution in [0.4, 0.5) is 0 Å². The smallest absolute Gasteiger partial charge is 0.254 e. The van der Waals surface area contributed by atoms with Gasteiger partial charge in [0.15, 0.2) is 0 Å². The van der Waals surface area contributed by atoms with Gasteiger partial charge in [0.2, 0.25) is 0 Å². The first-order chi connectivity index (χ1) is 8.87. The summed E-state index contributed by atoms with van der Waals surface area (Å²) in [5.74, 6) is -0.0251. The Morgan fingerprint density at radius 2 is 1.95 bits per heavy atom. The Balaban J connectivity index is 1.93. The summed E-state index contributed by atoms with van der Waals surface area (Å²) in [5.41, 5.74) is 0.991. The third-order valence-corrected chi connectivity index (χ3v) is 3.13. The second kappa shape index (κ2) is 5.31. The number of hydrogen-bond donors (Lipinski definition) is 1. The van der Waals surface area contributed by atoms with Crippen molar-refractivity contribution < 1.29 is 14.6 Å². The van der Waals surface area contributed by atoms with Crippen molar-refractivity contribution in [3.05, 3.63) is 35.4 Å². The maximum Gasteiger partial charge on any atom is 0.254 e. The van der Waals surface area contributed by atoms with Gasteiger partial charge in [-0.1, -0.05) is 12.1 Å². The second-order valence-electron chi connectivity index (χ2n) is 5.71. The maximum atomic E-state index is 12.1. The van der Waals surface area contributed by atoms with E-state index < -0.39 is 5.60 Å². The van der Waals surface area contributed by atoms with Gasteiger partial charge in [-0.05, 0) is 38.5 Å². The van der Waals surface area contributed by atoms with Gasteiger partial charge >= 0.3 is 0 Å². The molecule has 1 saturated heterocycles. The number of amides is 1. The Hall–Kier alpha value is -1.39. The Morgan fingerprint density at radius 1 is 1.37 bits per heavy atom. The molecule has 0 unspecified atom stereocenters. The molecule has 0 radical (unpaired) electrons. The van der Waals surface area contributed by atoms with Gasteiger partial charge in [-0.2, -0.15) is 0 Å². The normalized spacial score (nSPS) is 17.4. The minimum Gasteiger partial charge on any atom is -0.386 e. The zero-order valence-electron chi connectivity index (χ0n) is 11.7. The molecule has 1 aromatic carbocycles. The first-order valence-electron chi connectivity index (χ1n) is 6.59. The Morgan fingerprint density at radius 3 is 2.42 bits per heavy atom. The van der Waals surface area contributed by atoms with Crippen LogP contribution in [0.25, 0.3) is 0 Å². The van der Waals surface area contributed by atoms with Crippen LogP contribution in [0.2, 0.25) is 0 Å². The molecule has 0 atom stereocenters. The van der Waals surface area contributed by atoms with Crippen LogP contribution in [0, 0.1) is 0 Å². The fraction of sp³-hybridized carbons (Fsp3) is 0.533. The highest BCUT2D eigenvalue weighted by Gasteiger charge is 2.39. The molecule has 1 aliphatic rings. The van der Waals surface area contributed by atoms with Crippen molar-refractivity contribution in [2.45, 2.75) is 39.1 Å². The third-order valence-electron chi connectivity index (χ3n) is 3.13.